The van der Waals surface area contributed by atoms with Crippen LogP contribution in [-0.4, -0.2) is 6.71 Å². The highest BCUT2D eigenvalue weighted by Gasteiger charge is 2.45. The minimum absolute atomic E-state index is 0.00295. The Morgan fingerprint density at radius 1 is 0.532 bits per heavy atom. The first-order valence-corrected chi connectivity index (χ1v) is 16.3. The van der Waals surface area contributed by atoms with Gasteiger partial charge in [0.25, 0.3) is 6.71 Å². The lowest BCUT2D eigenvalue weighted by Gasteiger charge is -2.34. The quantitative estimate of drug-likeness (QED) is 0.188. The van der Waals surface area contributed by atoms with Crippen molar-refractivity contribution in [2.75, 3.05) is 4.90 Å². The van der Waals surface area contributed by atoms with Gasteiger partial charge in [0.05, 0.1) is 0 Å². The molecule has 0 unspecified atom stereocenters. The van der Waals surface area contributed by atoms with Crippen molar-refractivity contribution in [3.05, 3.63) is 157 Å². The number of hydrogen-bond donors (Lipinski definition) is 0. The van der Waals surface area contributed by atoms with Gasteiger partial charge in [0.15, 0.2) is 0 Å². The van der Waals surface area contributed by atoms with E-state index >= 15 is 0 Å². The Kier molecular flexibility index (Phi) is 5.43. The number of benzene rings is 7. The number of nitrogens with zero attached hydrogens (tertiary/aromatic N) is 1. The fraction of sp³-hybridized carbons (Fsp3) is 0.0698. The van der Waals surface area contributed by atoms with Gasteiger partial charge in [-0.15, -0.1) is 0 Å². The van der Waals surface area contributed by atoms with E-state index in [4.69, 9.17) is 9.47 Å². The van der Waals surface area contributed by atoms with Crippen LogP contribution < -0.4 is 30.8 Å². The maximum absolute atomic E-state index is 6.97. The minimum Gasteiger partial charge on any atom is -0.458 e. The van der Waals surface area contributed by atoms with Crippen LogP contribution in [0.25, 0.3) is 21.9 Å². The SMILES string of the molecule is CC1(C)c2cc(N(c3ccccc3)c3ccccc3)ccc2-c2c1ccc1c2Oc2cccc3c2B1c1c(ccc2ccccc12)O3. The molecule has 2 aliphatic heterocycles. The van der Waals surface area contributed by atoms with Crippen LogP contribution in [0.5, 0.6) is 23.0 Å². The molecule has 3 nitrogen and oxygen atoms in total. The molecule has 0 N–H and O–H groups in total. The van der Waals surface area contributed by atoms with E-state index in [2.05, 4.69) is 158 Å². The van der Waals surface area contributed by atoms with Crippen molar-refractivity contribution >= 4 is 50.9 Å². The maximum atomic E-state index is 6.97. The van der Waals surface area contributed by atoms with Crippen LogP contribution in [-0.2, 0) is 5.41 Å². The molecule has 222 valence electrons. The van der Waals surface area contributed by atoms with Gasteiger partial charge < -0.3 is 14.4 Å². The van der Waals surface area contributed by atoms with E-state index in [1.54, 1.807) is 0 Å². The van der Waals surface area contributed by atoms with E-state index in [-0.39, 0.29) is 12.1 Å². The van der Waals surface area contributed by atoms with Gasteiger partial charge >= 0.3 is 0 Å². The molecule has 7 aromatic carbocycles. The first-order valence-electron chi connectivity index (χ1n) is 16.3. The molecule has 0 bridgehead atoms. The predicted octanol–water partition coefficient (Wildman–Crippen LogP) is 9.34. The van der Waals surface area contributed by atoms with Crippen LogP contribution in [0.1, 0.15) is 25.0 Å². The average molecular weight is 604 g/mol. The smallest absolute Gasteiger partial charge is 0.261 e. The maximum Gasteiger partial charge on any atom is 0.261 e. The van der Waals surface area contributed by atoms with Crippen molar-refractivity contribution in [3.63, 3.8) is 0 Å². The lowest BCUT2D eigenvalue weighted by atomic mass is 9.34. The average Bonchev–Trinajstić information content (AvgIpc) is 3.35. The number of fused-ring (bicyclic) bond motifs is 10. The number of para-hydroxylation sites is 2. The zero-order valence-corrected chi connectivity index (χ0v) is 26.2. The van der Waals surface area contributed by atoms with E-state index in [0.29, 0.717) is 0 Å². The standard InChI is InChI=1S/C43H30BNO2/c1-43(2)33-23-24-35-42(47-37-19-11-18-36-41(37)44(35)40-31-17-10-9-12-27(31)20-25-38(40)46-36)39(33)32-22-21-30(26-34(32)43)45(28-13-5-3-6-14-28)29-15-7-4-8-16-29/h3-26H,1-2H3. The summed E-state index contributed by atoms with van der Waals surface area (Å²) in [5, 5.41) is 2.43. The summed E-state index contributed by atoms with van der Waals surface area (Å²) in [6, 6.07) is 51.9. The van der Waals surface area contributed by atoms with Crippen LogP contribution in [0.4, 0.5) is 17.1 Å². The van der Waals surface area contributed by atoms with Crippen molar-refractivity contribution in [2.45, 2.75) is 19.3 Å². The second kappa shape index (κ2) is 9.64. The lowest BCUT2D eigenvalue weighted by Crippen LogP contribution is -2.57. The number of ether oxygens (including phenoxy) is 2. The molecule has 7 aromatic rings. The molecule has 3 aliphatic rings. The summed E-state index contributed by atoms with van der Waals surface area (Å²) < 4.78 is 13.5. The molecule has 0 spiro atoms. The van der Waals surface area contributed by atoms with Gasteiger partial charge in [-0.3, -0.25) is 0 Å². The van der Waals surface area contributed by atoms with E-state index in [1.807, 2.05) is 6.07 Å². The Morgan fingerprint density at radius 3 is 1.98 bits per heavy atom. The van der Waals surface area contributed by atoms with Crippen LogP contribution in [0.2, 0.25) is 0 Å². The van der Waals surface area contributed by atoms with Crippen molar-refractivity contribution in [2.24, 2.45) is 0 Å². The van der Waals surface area contributed by atoms with Crippen molar-refractivity contribution in [3.8, 4) is 34.1 Å². The molecular formula is C43H30BNO2. The fourth-order valence-corrected chi connectivity index (χ4v) is 8.21. The first kappa shape index (κ1) is 26.5. The molecule has 0 amide bonds. The molecule has 0 atom stereocenters. The summed E-state index contributed by atoms with van der Waals surface area (Å²) in [6.45, 7) is 4.69. The van der Waals surface area contributed by atoms with Gasteiger partial charge in [0.2, 0.25) is 0 Å². The zero-order chi connectivity index (χ0) is 31.3. The summed E-state index contributed by atoms with van der Waals surface area (Å²) in [4.78, 5) is 2.34. The summed E-state index contributed by atoms with van der Waals surface area (Å²) in [5.74, 6) is 3.61. The van der Waals surface area contributed by atoms with Gasteiger partial charge in [0.1, 0.15) is 23.0 Å². The highest BCUT2D eigenvalue weighted by Crippen LogP contribution is 2.54. The molecule has 0 saturated carbocycles. The lowest BCUT2D eigenvalue weighted by molar-refractivity contribution is 0.465. The number of hydrogen-bond acceptors (Lipinski definition) is 3. The van der Waals surface area contributed by atoms with Gasteiger partial charge in [-0.2, -0.15) is 0 Å². The summed E-state index contributed by atoms with van der Waals surface area (Å²) in [6.07, 6.45) is 0. The predicted molar refractivity (Wildman–Crippen MR) is 194 cm³/mol. The Hall–Kier alpha value is -5.74. The fourth-order valence-electron chi connectivity index (χ4n) is 8.21. The highest BCUT2D eigenvalue weighted by atomic mass is 16.5. The van der Waals surface area contributed by atoms with E-state index in [1.165, 1.54) is 44.0 Å². The second-order valence-electron chi connectivity index (χ2n) is 13.3. The van der Waals surface area contributed by atoms with Gasteiger partial charge in [-0.1, -0.05) is 105 Å². The Morgan fingerprint density at radius 2 is 1.21 bits per heavy atom. The second-order valence-corrected chi connectivity index (χ2v) is 13.3. The molecule has 0 saturated heterocycles. The topological polar surface area (TPSA) is 21.7 Å². The third-order valence-corrected chi connectivity index (χ3v) is 10.4. The molecule has 10 rings (SSSR count). The summed E-state index contributed by atoms with van der Waals surface area (Å²) in [5.41, 5.74) is 11.7. The summed E-state index contributed by atoms with van der Waals surface area (Å²) >= 11 is 0. The molecular weight excluding hydrogens is 573 g/mol. The Bertz CT molecular complexity index is 2360. The zero-order valence-electron chi connectivity index (χ0n) is 26.2. The normalized spacial score (nSPS) is 14.2. The number of anilines is 3. The minimum atomic E-state index is -0.222. The molecule has 1 aliphatic carbocycles. The van der Waals surface area contributed by atoms with Gasteiger partial charge in [-0.25, -0.2) is 0 Å². The van der Waals surface area contributed by atoms with Crippen LogP contribution in [0, 0.1) is 0 Å². The van der Waals surface area contributed by atoms with Crippen molar-refractivity contribution < 1.29 is 9.47 Å². The molecule has 4 heteroatoms. The largest absolute Gasteiger partial charge is 0.458 e. The first-order chi connectivity index (χ1) is 23.1. The van der Waals surface area contributed by atoms with Gasteiger partial charge in [-0.05, 0) is 93.0 Å². The van der Waals surface area contributed by atoms with E-state index < -0.39 is 0 Å². The van der Waals surface area contributed by atoms with Crippen LogP contribution >= 0.6 is 0 Å². The number of rotatable bonds is 3. The Balaban J connectivity index is 1.19. The molecule has 0 aromatic heterocycles. The van der Waals surface area contributed by atoms with Crippen LogP contribution in [0.15, 0.2) is 146 Å². The van der Waals surface area contributed by atoms with Crippen LogP contribution in [0.3, 0.4) is 0 Å². The summed E-state index contributed by atoms with van der Waals surface area (Å²) in [7, 11) is 0. The molecule has 2 heterocycles. The Labute approximate surface area is 274 Å². The molecule has 0 fully saturated rings. The monoisotopic (exact) mass is 603 g/mol. The molecule has 0 radical (unpaired) electrons. The van der Waals surface area contributed by atoms with E-state index in [9.17, 15) is 0 Å². The molecule has 47 heavy (non-hydrogen) atoms. The third-order valence-electron chi connectivity index (χ3n) is 10.4. The third kappa shape index (κ3) is 3.70. The van der Waals surface area contributed by atoms with Gasteiger partial charge in [0, 0.05) is 33.5 Å². The van der Waals surface area contributed by atoms with E-state index in [0.717, 1.165) is 45.5 Å². The van der Waals surface area contributed by atoms with Crippen molar-refractivity contribution in [1.82, 2.24) is 0 Å². The highest BCUT2D eigenvalue weighted by molar-refractivity contribution is 6.99. The van der Waals surface area contributed by atoms with Crippen molar-refractivity contribution in [1.29, 1.82) is 0 Å².